The molecule has 2 rings (SSSR count). The second kappa shape index (κ2) is 3.29. The lowest BCUT2D eigenvalue weighted by atomic mass is 9.91. The summed E-state index contributed by atoms with van der Waals surface area (Å²) in [7, 11) is 0. The van der Waals surface area contributed by atoms with Gasteiger partial charge in [0.05, 0.1) is 5.69 Å². The van der Waals surface area contributed by atoms with Crippen LogP contribution in [0.2, 0.25) is 0 Å². The topological polar surface area (TPSA) is 51.8 Å². The van der Waals surface area contributed by atoms with Crippen molar-refractivity contribution in [2.45, 2.75) is 39.5 Å². The Morgan fingerprint density at radius 2 is 2.00 bits per heavy atom. The third-order valence-electron chi connectivity index (χ3n) is 2.37. The summed E-state index contributed by atoms with van der Waals surface area (Å²) in [5.41, 5.74) is 3.32. The Hall–Kier alpha value is -1.45. The molecule has 4 nitrogen and oxygen atoms in total. The minimum Gasteiger partial charge on any atom is -0.441 e. The average Bonchev–Trinajstić information content (AvgIpc) is 2.62. The summed E-state index contributed by atoms with van der Waals surface area (Å²) < 4.78 is 5.36. The third kappa shape index (κ3) is 1.60. The molecule has 0 unspecified atom stereocenters. The largest absolute Gasteiger partial charge is 0.441 e. The minimum atomic E-state index is -0.0611. The van der Waals surface area contributed by atoms with Crippen LogP contribution in [0.4, 0.5) is 0 Å². The zero-order chi connectivity index (χ0) is 11.1. The van der Waals surface area contributed by atoms with Crippen molar-refractivity contribution < 1.29 is 4.42 Å². The summed E-state index contributed by atoms with van der Waals surface area (Å²) in [6.45, 7) is 8.31. The van der Waals surface area contributed by atoms with Gasteiger partial charge in [-0.25, -0.2) is 4.98 Å². The summed E-state index contributed by atoms with van der Waals surface area (Å²) in [5, 5.41) is 8.43. The zero-order valence-electron chi connectivity index (χ0n) is 9.53. The van der Waals surface area contributed by atoms with Crippen molar-refractivity contribution in [1.29, 1.82) is 0 Å². The molecule has 0 amide bonds. The van der Waals surface area contributed by atoms with Crippen molar-refractivity contribution in [2.75, 3.05) is 0 Å². The Labute approximate surface area is 88.7 Å². The molecule has 0 aliphatic carbocycles. The van der Waals surface area contributed by atoms with E-state index in [2.05, 4.69) is 36.0 Å². The SMILES string of the molecule is CCc1nnc(C(C)(C)C)c2ncoc12. The summed E-state index contributed by atoms with van der Waals surface area (Å²) in [6.07, 6.45) is 2.27. The Balaban J connectivity index is 2.74. The lowest BCUT2D eigenvalue weighted by Gasteiger charge is -2.16. The van der Waals surface area contributed by atoms with Crippen molar-refractivity contribution in [3.05, 3.63) is 17.8 Å². The first-order valence-corrected chi connectivity index (χ1v) is 5.13. The monoisotopic (exact) mass is 205 g/mol. The van der Waals surface area contributed by atoms with Crippen LogP contribution in [0.1, 0.15) is 39.1 Å². The van der Waals surface area contributed by atoms with Crippen LogP contribution in [-0.2, 0) is 11.8 Å². The lowest BCUT2D eigenvalue weighted by molar-refractivity contribution is 0.558. The second-order valence-electron chi connectivity index (χ2n) is 4.63. The van der Waals surface area contributed by atoms with Gasteiger partial charge in [0, 0.05) is 5.41 Å². The number of oxazole rings is 1. The van der Waals surface area contributed by atoms with Crippen LogP contribution in [-0.4, -0.2) is 15.2 Å². The molecule has 2 heterocycles. The summed E-state index contributed by atoms with van der Waals surface area (Å²) >= 11 is 0. The summed E-state index contributed by atoms with van der Waals surface area (Å²) in [4.78, 5) is 4.22. The van der Waals surface area contributed by atoms with Crippen LogP contribution >= 0.6 is 0 Å². The molecular weight excluding hydrogens is 190 g/mol. The maximum Gasteiger partial charge on any atom is 0.182 e. The van der Waals surface area contributed by atoms with Gasteiger partial charge in [-0.1, -0.05) is 27.7 Å². The van der Waals surface area contributed by atoms with Crippen molar-refractivity contribution >= 4 is 11.1 Å². The number of fused-ring (bicyclic) bond motifs is 1. The predicted octanol–water partition coefficient (Wildman–Crippen LogP) is 2.48. The van der Waals surface area contributed by atoms with E-state index in [9.17, 15) is 0 Å². The molecule has 0 N–H and O–H groups in total. The molecule has 0 spiro atoms. The van der Waals surface area contributed by atoms with Crippen LogP contribution in [0.25, 0.3) is 11.1 Å². The molecule has 0 fully saturated rings. The Kier molecular flexibility index (Phi) is 2.21. The van der Waals surface area contributed by atoms with E-state index in [-0.39, 0.29) is 5.41 Å². The highest BCUT2D eigenvalue weighted by Crippen LogP contribution is 2.27. The fourth-order valence-corrected chi connectivity index (χ4v) is 1.56. The maximum absolute atomic E-state index is 5.36. The molecule has 0 saturated heterocycles. The van der Waals surface area contributed by atoms with Gasteiger partial charge < -0.3 is 4.42 Å². The van der Waals surface area contributed by atoms with Gasteiger partial charge in [0.25, 0.3) is 0 Å². The first-order chi connectivity index (χ1) is 7.04. The molecule has 0 atom stereocenters. The summed E-state index contributed by atoms with van der Waals surface area (Å²) in [5.74, 6) is 0. The number of nitrogens with zero attached hydrogens (tertiary/aromatic N) is 3. The molecule has 15 heavy (non-hydrogen) atoms. The van der Waals surface area contributed by atoms with Gasteiger partial charge in [0.2, 0.25) is 0 Å². The standard InChI is InChI=1S/C11H15N3O/c1-5-7-9-8(12-6-15-9)10(14-13-7)11(2,3)4/h6H,5H2,1-4H3. The molecular formula is C11H15N3O. The number of hydrogen-bond donors (Lipinski definition) is 0. The van der Waals surface area contributed by atoms with Gasteiger partial charge >= 0.3 is 0 Å². The fraction of sp³-hybridized carbons (Fsp3) is 0.545. The van der Waals surface area contributed by atoms with Crippen molar-refractivity contribution in [3.8, 4) is 0 Å². The van der Waals surface area contributed by atoms with Gasteiger partial charge in [-0.05, 0) is 6.42 Å². The Morgan fingerprint density at radius 3 is 2.60 bits per heavy atom. The van der Waals surface area contributed by atoms with E-state index < -0.39 is 0 Å². The minimum absolute atomic E-state index is 0.0611. The van der Waals surface area contributed by atoms with E-state index >= 15 is 0 Å². The predicted molar refractivity (Wildman–Crippen MR) is 57.7 cm³/mol. The molecule has 80 valence electrons. The third-order valence-corrected chi connectivity index (χ3v) is 2.37. The first kappa shape index (κ1) is 10.1. The van der Waals surface area contributed by atoms with Gasteiger partial charge in [-0.3, -0.25) is 0 Å². The summed E-state index contributed by atoms with van der Waals surface area (Å²) in [6, 6.07) is 0. The molecule has 4 heteroatoms. The molecule has 0 bridgehead atoms. The van der Waals surface area contributed by atoms with E-state index in [0.29, 0.717) is 0 Å². The molecule has 0 saturated carbocycles. The lowest BCUT2D eigenvalue weighted by Crippen LogP contribution is -2.15. The maximum atomic E-state index is 5.36. The first-order valence-electron chi connectivity index (χ1n) is 5.13. The number of aromatic nitrogens is 3. The van der Waals surface area contributed by atoms with Gasteiger partial charge in [-0.2, -0.15) is 10.2 Å². The van der Waals surface area contributed by atoms with E-state index in [1.807, 2.05) is 6.92 Å². The Morgan fingerprint density at radius 1 is 1.27 bits per heavy atom. The molecule has 0 aromatic carbocycles. The number of rotatable bonds is 1. The molecule has 0 aliphatic rings. The van der Waals surface area contributed by atoms with E-state index in [1.54, 1.807) is 0 Å². The second-order valence-corrected chi connectivity index (χ2v) is 4.63. The van der Waals surface area contributed by atoms with Crippen LogP contribution in [0, 0.1) is 0 Å². The Bertz CT molecular complexity index is 482. The highest BCUT2D eigenvalue weighted by molar-refractivity contribution is 5.77. The van der Waals surface area contributed by atoms with E-state index in [1.165, 1.54) is 6.39 Å². The smallest absolute Gasteiger partial charge is 0.182 e. The molecule has 0 aliphatic heterocycles. The van der Waals surface area contributed by atoms with Crippen LogP contribution in [0.5, 0.6) is 0 Å². The van der Waals surface area contributed by atoms with Crippen LogP contribution in [0.3, 0.4) is 0 Å². The van der Waals surface area contributed by atoms with E-state index in [0.717, 1.165) is 28.9 Å². The van der Waals surface area contributed by atoms with Crippen LogP contribution < -0.4 is 0 Å². The normalized spacial score (nSPS) is 12.3. The van der Waals surface area contributed by atoms with E-state index in [4.69, 9.17) is 4.42 Å². The fourth-order valence-electron chi connectivity index (χ4n) is 1.56. The molecule has 2 aromatic heterocycles. The average molecular weight is 205 g/mol. The quantitative estimate of drug-likeness (QED) is 0.717. The highest BCUT2D eigenvalue weighted by atomic mass is 16.3. The molecule has 2 aromatic rings. The van der Waals surface area contributed by atoms with Crippen molar-refractivity contribution in [2.24, 2.45) is 0 Å². The van der Waals surface area contributed by atoms with Crippen molar-refractivity contribution in [1.82, 2.24) is 15.2 Å². The molecule has 0 radical (unpaired) electrons. The van der Waals surface area contributed by atoms with Crippen molar-refractivity contribution in [3.63, 3.8) is 0 Å². The van der Waals surface area contributed by atoms with Crippen LogP contribution in [0.15, 0.2) is 10.8 Å². The number of aryl methyl sites for hydroxylation is 1. The zero-order valence-corrected chi connectivity index (χ0v) is 9.53. The number of hydrogen-bond acceptors (Lipinski definition) is 4. The van der Waals surface area contributed by atoms with Gasteiger partial charge in [0.1, 0.15) is 11.2 Å². The van der Waals surface area contributed by atoms with Gasteiger partial charge in [0.15, 0.2) is 12.0 Å². The highest BCUT2D eigenvalue weighted by Gasteiger charge is 2.23. The van der Waals surface area contributed by atoms with Gasteiger partial charge in [-0.15, -0.1) is 0 Å².